The molecule has 2 rings (SSSR count). The van der Waals surface area contributed by atoms with Crippen molar-refractivity contribution in [3.63, 3.8) is 0 Å². The van der Waals surface area contributed by atoms with E-state index in [1.807, 2.05) is 37.3 Å². The molecule has 2 unspecified atom stereocenters. The van der Waals surface area contributed by atoms with Gasteiger partial charge in [-0.15, -0.1) is 0 Å². The SMILES string of the molecule is CC(Cc1cccc(Cl)c1)C(O)c1ncccc1CC(C)(C)OC(N)=O. The molecule has 3 N–H and O–H groups in total. The van der Waals surface area contributed by atoms with Crippen LogP contribution in [0.25, 0.3) is 0 Å². The molecule has 0 bridgehead atoms. The van der Waals surface area contributed by atoms with E-state index in [9.17, 15) is 9.90 Å². The van der Waals surface area contributed by atoms with Crippen LogP contribution < -0.4 is 5.73 Å². The molecule has 1 aromatic carbocycles. The monoisotopic (exact) mass is 376 g/mol. The number of nitrogens with two attached hydrogens (primary N) is 1. The van der Waals surface area contributed by atoms with E-state index >= 15 is 0 Å². The molecule has 0 fully saturated rings. The van der Waals surface area contributed by atoms with Crippen LogP contribution >= 0.6 is 11.6 Å². The van der Waals surface area contributed by atoms with Crippen molar-refractivity contribution in [3.8, 4) is 0 Å². The molecule has 1 amide bonds. The van der Waals surface area contributed by atoms with Gasteiger partial charge in [-0.3, -0.25) is 4.98 Å². The Bertz CT molecular complexity index is 764. The first-order valence-electron chi connectivity index (χ1n) is 8.53. The zero-order chi connectivity index (χ0) is 19.3. The zero-order valence-corrected chi connectivity index (χ0v) is 16.0. The third-order valence-electron chi connectivity index (χ3n) is 4.19. The molecule has 1 heterocycles. The largest absolute Gasteiger partial charge is 0.443 e. The number of hydrogen-bond acceptors (Lipinski definition) is 4. The molecule has 26 heavy (non-hydrogen) atoms. The average Bonchev–Trinajstić information content (AvgIpc) is 2.53. The summed E-state index contributed by atoms with van der Waals surface area (Å²) in [6.07, 6.45) is 1.14. The van der Waals surface area contributed by atoms with Crippen molar-refractivity contribution in [2.45, 2.75) is 45.3 Å². The van der Waals surface area contributed by atoms with Crippen molar-refractivity contribution < 1.29 is 14.6 Å². The quantitative estimate of drug-likeness (QED) is 0.762. The first kappa shape index (κ1) is 20.2. The first-order chi connectivity index (χ1) is 12.2. The normalized spacial score (nSPS) is 13.9. The first-order valence-corrected chi connectivity index (χ1v) is 8.90. The fraction of sp³-hybridized carbons (Fsp3) is 0.400. The third-order valence-corrected chi connectivity index (χ3v) is 4.42. The van der Waals surface area contributed by atoms with Crippen LogP contribution in [0.3, 0.4) is 0 Å². The second kappa shape index (κ2) is 8.52. The predicted molar refractivity (Wildman–Crippen MR) is 102 cm³/mol. The van der Waals surface area contributed by atoms with Gasteiger partial charge in [-0.2, -0.15) is 0 Å². The Morgan fingerprint density at radius 1 is 1.35 bits per heavy atom. The van der Waals surface area contributed by atoms with Gasteiger partial charge in [0.15, 0.2) is 0 Å². The number of rotatable bonds is 7. The summed E-state index contributed by atoms with van der Waals surface area (Å²) in [5.41, 5.74) is 6.81. The van der Waals surface area contributed by atoms with Gasteiger partial charge in [0, 0.05) is 17.6 Å². The van der Waals surface area contributed by atoms with Crippen LogP contribution in [0.15, 0.2) is 42.6 Å². The maximum absolute atomic E-state index is 11.1. The Labute approximate surface area is 159 Å². The molecule has 0 aliphatic rings. The fourth-order valence-electron chi connectivity index (χ4n) is 3.05. The smallest absolute Gasteiger partial charge is 0.405 e. The number of amides is 1. The van der Waals surface area contributed by atoms with Gasteiger partial charge in [0.1, 0.15) is 5.60 Å². The molecule has 0 aliphatic carbocycles. The molecule has 0 saturated heterocycles. The van der Waals surface area contributed by atoms with E-state index < -0.39 is 17.8 Å². The van der Waals surface area contributed by atoms with Crippen LogP contribution in [0.2, 0.25) is 5.02 Å². The summed E-state index contributed by atoms with van der Waals surface area (Å²) in [6, 6.07) is 11.3. The van der Waals surface area contributed by atoms with Gasteiger partial charge in [0.25, 0.3) is 0 Å². The van der Waals surface area contributed by atoms with Crippen LogP contribution in [-0.2, 0) is 17.6 Å². The molecule has 0 spiro atoms. The van der Waals surface area contributed by atoms with E-state index in [-0.39, 0.29) is 5.92 Å². The minimum atomic E-state index is -0.824. The van der Waals surface area contributed by atoms with Crippen molar-refractivity contribution in [3.05, 3.63) is 64.4 Å². The second-order valence-corrected chi connectivity index (χ2v) is 7.60. The highest BCUT2D eigenvalue weighted by Crippen LogP contribution is 2.29. The van der Waals surface area contributed by atoms with E-state index in [4.69, 9.17) is 22.1 Å². The molecule has 2 aromatic rings. The number of ether oxygens (including phenoxy) is 1. The molecule has 1 aromatic heterocycles. The number of benzene rings is 1. The number of aliphatic hydroxyl groups is 1. The van der Waals surface area contributed by atoms with Crippen LogP contribution in [0.5, 0.6) is 0 Å². The van der Waals surface area contributed by atoms with Gasteiger partial charge in [-0.05, 0) is 55.5 Å². The molecule has 0 aliphatic heterocycles. The van der Waals surface area contributed by atoms with Crippen LogP contribution in [0.4, 0.5) is 4.79 Å². The minimum Gasteiger partial charge on any atom is -0.443 e. The lowest BCUT2D eigenvalue weighted by Gasteiger charge is -2.27. The van der Waals surface area contributed by atoms with Gasteiger partial charge in [-0.25, -0.2) is 4.79 Å². The molecule has 5 nitrogen and oxygen atoms in total. The topological polar surface area (TPSA) is 85.4 Å². The van der Waals surface area contributed by atoms with Crippen LogP contribution in [0.1, 0.15) is 43.7 Å². The standard InChI is InChI=1S/C20H25ClN2O3/c1-13(10-14-6-4-8-16(21)11-14)18(24)17-15(7-5-9-23-17)12-20(2,3)26-19(22)25/h4-9,11,13,18,24H,10,12H2,1-3H3,(H2,22,25). The van der Waals surface area contributed by atoms with Crippen molar-refractivity contribution in [2.75, 3.05) is 0 Å². The lowest BCUT2D eigenvalue weighted by molar-refractivity contribution is 0.0447. The highest BCUT2D eigenvalue weighted by Gasteiger charge is 2.27. The Kier molecular flexibility index (Phi) is 6.62. The number of aliphatic hydroxyl groups excluding tert-OH is 1. The molecule has 2 atom stereocenters. The molecular weight excluding hydrogens is 352 g/mol. The Hall–Kier alpha value is -2.11. The number of primary amides is 1. The van der Waals surface area contributed by atoms with Gasteiger partial charge in [-0.1, -0.05) is 36.7 Å². The number of halogens is 1. The zero-order valence-electron chi connectivity index (χ0n) is 15.3. The van der Waals surface area contributed by atoms with E-state index in [0.717, 1.165) is 11.1 Å². The Balaban J connectivity index is 2.18. The predicted octanol–water partition coefficient (Wildman–Crippen LogP) is 4.06. The Morgan fingerprint density at radius 3 is 2.73 bits per heavy atom. The lowest BCUT2D eigenvalue weighted by Crippen LogP contribution is -2.34. The maximum atomic E-state index is 11.1. The molecule has 0 radical (unpaired) electrons. The van der Waals surface area contributed by atoms with Crippen molar-refractivity contribution >= 4 is 17.7 Å². The van der Waals surface area contributed by atoms with Gasteiger partial charge in [0.05, 0.1) is 11.8 Å². The third kappa shape index (κ3) is 5.71. The Morgan fingerprint density at radius 2 is 2.08 bits per heavy atom. The number of nitrogens with zero attached hydrogens (tertiary/aromatic N) is 1. The summed E-state index contributed by atoms with van der Waals surface area (Å²) in [5, 5.41) is 11.5. The minimum absolute atomic E-state index is 0.0673. The number of hydrogen-bond donors (Lipinski definition) is 2. The lowest BCUT2D eigenvalue weighted by atomic mass is 9.89. The fourth-order valence-corrected chi connectivity index (χ4v) is 3.26. The van der Waals surface area contributed by atoms with Crippen molar-refractivity contribution in [1.82, 2.24) is 4.98 Å². The summed E-state index contributed by atoms with van der Waals surface area (Å²) in [7, 11) is 0. The van der Waals surface area contributed by atoms with E-state index in [1.165, 1.54) is 0 Å². The molecule has 0 saturated carbocycles. The average molecular weight is 377 g/mol. The number of carbonyl (C=O) groups is 1. The maximum Gasteiger partial charge on any atom is 0.405 e. The second-order valence-electron chi connectivity index (χ2n) is 7.16. The van der Waals surface area contributed by atoms with Gasteiger partial charge >= 0.3 is 6.09 Å². The van der Waals surface area contributed by atoms with Gasteiger partial charge < -0.3 is 15.6 Å². The molecule has 6 heteroatoms. The number of pyridine rings is 1. The van der Waals surface area contributed by atoms with Crippen molar-refractivity contribution in [2.24, 2.45) is 11.7 Å². The number of aromatic nitrogens is 1. The summed E-state index contributed by atoms with van der Waals surface area (Å²) in [6.45, 7) is 5.52. The van der Waals surface area contributed by atoms with Crippen molar-refractivity contribution in [1.29, 1.82) is 0 Å². The highest BCUT2D eigenvalue weighted by atomic mass is 35.5. The summed E-state index contributed by atoms with van der Waals surface area (Å²) >= 11 is 6.04. The van der Waals surface area contributed by atoms with E-state index in [0.29, 0.717) is 23.6 Å². The van der Waals surface area contributed by atoms with Crippen LogP contribution in [0, 0.1) is 5.92 Å². The number of carbonyl (C=O) groups excluding carboxylic acids is 1. The molecular formula is C20H25ClN2O3. The summed E-state index contributed by atoms with van der Waals surface area (Å²) in [5.74, 6) is -0.0673. The molecule has 140 valence electrons. The summed E-state index contributed by atoms with van der Waals surface area (Å²) in [4.78, 5) is 15.5. The summed E-state index contributed by atoms with van der Waals surface area (Å²) < 4.78 is 5.16. The van der Waals surface area contributed by atoms with Gasteiger partial charge in [0.2, 0.25) is 0 Å². The van der Waals surface area contributed by atoms with E-state index in [2.05, 4.69) is 4.98 Å². The van der Waals surface area contributed by atoms with E-state index in [1.54, 1.807) is 26.1 Å². The highest BCUT2D eigenvalue weighted by molar-refractivity contribution is 6.30. The van der Waals surface area contributed by atoms with Crippen LogP contribution in [-0.4, -0.2) is 21.8 Å².